The van der Waals surface area contributed by atoms with E-state index < -0.39 is 0 Å². The summed E-state index contributed by atoms with van der Waals surface area (Å²) < 4.78 is 0. The predicted octanol–water partition coefficient (Wildman–Crippen LogP) is 2.93. The number of rotatable bonds is 6. The fourth-order valence-corrected chi connectivity index (χ4v) is 1.94. The Labute approximate surface area is 98.7 Å². The molecule has 0 radical (unpaired) electrons. The lowest BCUT2D eigenvalue weighted by Gasteiger charge is -2.28. The molecule has 0 aliphatic heterocycles. The highest BCUT2D eigenvalue weighted by molar-refractivity contribution is 5.65. The molecule has 1 aromatic heterocycles. The fraction of sp³-hybridized carbons (Fsp3) is 0.615. The largest absolute Gasteiger partial charge is 0.396 e. The van der Waals surface area contributed by atoms with Crippen LogP contribution in [0, 0.1) is 5.92 Å². The minimum atomic E-state index is 0.743. The lowest BCUT2D eigenvalue weighted by molar-refractivity contribution is 0.486. The van der Waals surface area contributed by atoms with Crippen LogP contribution in [0.15, 0.2) is 18.5 Å². The molecule has 3 nitrogen and oxygen atoms in total. The number of aromatic nitrogens is 1. The number of anilines is 2. The van der Waals surface area contributed by atoms with Crippen molar-refractivity contribution < 1.29 is 0 Å². The molecule has 1 rings (SSSR count). The Bertz CT molecular complexity index is 308. The van der Waals surface area contributed by atoms with Crippen LogP contribution >= 0.6 is 0 Å². The van der Waals surface area contributed by atoms with Gasteiger partial charge in [0.2, 0.25) is 0 Å². The van der Waals surface area contributed by atoms with Gasteiger partial charge in [0.15, 0.2) is 0 Å². The molecule has 2 N–H and O–H groups in total. The summed E-state index contributed by atoms with van der Waals surface area (Å²) in [5.74, 6) is 0.743. The van der Waals surface area contributed by atoms with E-state index in [9.17, 15) is 0 Å². The van der Waals surface area contributed by atoms with Gasteiger partial charge in [0.25, 0.3) is 0 Å². The number of nitrogen functional groups attached to an aromatic ring is 1. The quantitative estimate of drug-likeness (QED) is 0.803. The van der Waals surface area contributed by atoms with Crippen LogP contribution in [-0.4, -0.2) is 18.1 Å². The lowest BCUT2D eigenvalue weighted by Crippen LogP contribution is -2.29. The average Bonchev–Trinajstić information content (AvgIpc) is 2.32. The van der Waals surface area contributed by atoms with Gasteiger partial charge in [-0.3, -0.25) is 4.98 Å². The average molecular weight is 221 g/mol. The van der Waals surface area contributed by atoms with Crippen LogP contribution in [0.1, 0.15) is 33.6 Å². The summed E-state index contributed by atoms with van der Waals surface area (Å²) >= 11 is 0. The summed E-state index contributed by atoms with van der Waals surface area (Å²) in [6.45, 7) is 8.74. The second kappa shape index (κ2) is 6.36. The molecule has 1 heterocycles. The summed E-state index contributed by atoms with van der Waals surface area (Å²) in [7, 11) is 0. The van der Waals surface area contributed by atoms with Gasteiger partial charge in [-0.1, -0.05) is 26.7 Å². The van der Waals surface area contributed by atoms with E-state index in [4.69, 9.17) is 5.73 Å². The van der Waals surface area contributed by atoms with Crippen molar-refractivity contribution >= 4 is 11.4 Å². The van der Waals surface area contributed by atoms with Gasteiger partial charge in [0.05, 0.1) is 17.6 Å². The zero-order chi connectivity index (χ0) is 12.0. The van der Waals surface area contributed by atoms with Gasteiger partial charge in [-0.2, -0.15) is 0 Å². The molecule has 0 aliphatic rings. The summed E-state index contributed by atoms with van der Waals surface area (Å²) in [4.78, 5) is 6.37. The third-order valence-electron chi connectivity index (χ3n) is 3.18. The van der Waals surface area contributed by atoms with Gasteiger partial charge in [-0.15, -0.1) is 0 Å². The van der Waals surface area contributed by atoms with Crippen LogP contribution in [0.4, 0.5) is 11.4 Å². The van der Waals surface area contributed by atoms with Crippen LogP contribution in [0.25, 0.3) is 0 Å². The first-order valence-corrected chi connectivity index (χ1v) is 6.17. The molecule has 90 valence electrons. The van der Waals surface area contributed by atoms with E-state index >= 15 is 0 Å². The van der Waals surface area contributed by atoms with E-state index in [2.05, 4.69) is 30.7 Å². The Morgan fingerprint density at radius 1 is 1.31 bits per heavy atom. The fourth-order valence-electron chi connectivity index (χ4n) is 1.94. The van der Waals surface area contributed by atoms with Crippen LogP contribution in [0.2, 0.25) is 0 Å². The minimum Gasteiger partial charge on any atom is -0.396 e. The summed E-state index contributed by atoms with van der Waals surface area (Å²) in [5.41, 5.74) is 7.84. The molecule has 0 aromatic carbocycles. The summed E-state index contributed by atoms with van der Waals surface area (Å²) in [6, 6.07) is 2.00. The van der Waals surface area contributed by atoms with Crippen molar-refractivity contribution in [3.8, 4) is 0 Å². The van der Waals surface area contributed by atoms with Gasteiger partial charge >= 0.3 is 0 Å². The highest BCUT2D eigenvalue weighted by Crippen LogP contribution is 2.23. The molecular formula is C13H23N3. The molecule has 16 heavy (non-hydrogen) atoms. The van der Waals surface area contributed by atoms with Crippen molar-refractivity contribution in [3.05, 3.63) is 18.5 Å². The highest BCUT2D eigenvalue weighted by Gasteiger charge is 2.12. The smallest absolute Gasteiger partial charge is 0.0738 e. The standard InChI is InChI=1S/C13H23N3/c1-4-11(5-2)10-16(6-3)13-7-8-15-9-12(13)14/h7-9,11H,4-6,10,14H2,1-3H3. The molecule has 0 fully saturated rings. The lowest BCUT2D eigenvalue weighted by atomic mass is 10.0. The zero-order valence-corrected chi connectivity index (χ0v) is 10.6. The van der Waals surface area contributed by atoms with E-state index in [1.165, 1.54) is 12.8 Å². The molecule has 0 saturated heterocycles. The molecule has 3 heteroatoms. The molecule has 0 aliphatic carbocycles. The predicted molar refractivity (Wildman–Crippen MR) is 70.6 cm³/mol. The van der Waals surface area contributed by atoms with Gasteiger partial charge in [0.1, 0.15) is 0 Å². The summed E-state index contributed by atoms with van der Waals surface area (Å²) in [6.07, 6.45) is 5.97. The van der Waals surface area contributed by atoms with Crippen LogP contribution in [0.5, 0.6) is 0 Å². The van der Waals surface area contributed by atoms with Gasteiger partial charge in [-0.05, 0) is 18.9 Å². The SMILES string of the molecule is CCC(CC)CN(CC)c1ccncc1N. The Balaban J connectivity index is 2.78. The number of nitrogens with zero attached hydrogens (tertiary/aromatic N) is 2. The molecule has 0 atom stereocenters. The van der Waals surface area contributed by atoms with Crippen LogP contribution < -0.4 is 10.6 Å². The Morgan fingerprint density at radius 2 is 2.00 bits per heavy atom. The van der Waals surface area contributed by atoms with Gasteiger partial charge in [-0.25, -0.2) is 0 Å². The zero-order valence-electron chi connectivity index (χ0n) is 10.6. The first kappa shape index (κ1) is 12.8. The molecule has 0 bridgehead atoms. The Morgan fingerprint density at radius 3 is 2.50 bits per heavy atom. The second-order valence-electron chi connectivity index (χ2n) is 4.16. The van der Waals surface area contributed by atoms with Gasteiger partial charge in [0, 0.05) is 19.3 Å². The van der Waals surface area contributed by atoms with E-state index in [0.717, 1.165) is 30.4 Å². The van der Waals surface area contributed by atoms with E-state index in [1.54, 1.807) is 12.4 Å². The third-order valence-corrected chi connectivity index (χ3v) is 3.18. The Kier molecular flexibility index (Phi) is 5.09. The maximum atomic E-state index is 5.95. The molecular weight excluding hydrogens is 198 g/mol. The molecule has 0 unspecified atom stereocenters. The van der Waals surface area contributed by atoms with E-state index in [1.807, 2.05) is 6.07 Å². The number of pyridine rings is 1. The second-order valence-corrected chi connectivity index (χ2v) is 4.16. The normalized spacial score (nSPS) is 10.8. The minimum absolute atomic E-state index is 0.743. The molecule has 0 amide bonds. The first-order valence-electron chi connectivity index (χ1n) is 6.17. The van der Waals surface area contributed by atoms with Crippen molar-refractivity contribution in [1.29, 1.82) is 0 Å². The van der Waals surface area contributed by atoms with Crippen LogP contribution in [0.3, 0.4) is 0 Å². The monoisotopic (exact) mass is 221 g/mol. The topological polar surface area (TPSA) is 42.2 Å². The van der Waals surface area contributed by atoms with Crippen molar-refractivity contribution in [2.75, 3.05) is 23.7 Å². The molecule has 0 spiro atoms. The molecule has 0 saturated carbocycles. The van der Waals surface area contributed by atoms with Gasteiger partial charge < -0.3 is 10.6 Å². The third kappa shape index (κ3) is 3.12. The maximum Gasteiger partial charge on any atom is 0.0738 e. The number of hydrogen-bond acceptors (Lipinski definition) is 3. The Hall–Kier alpha value is -1.25. The van der Waals surface area contributed by atoms with Crippen LogP contribution in [-0.2, 0) is 0 Å². The van der Waals surface area contributed by atoms with Crippen molar-refractivity contribution in [1.82, 2.24) is 4.98 Å². The van der Waals surface area contributed by atoms with E-state index in [-0.39, 0.29) is 0 Å². The first-order chi connectivity index (χ1) is 7.72. The van der Waals surface area contributed by atoms with E-state index in [0.29, 0.717) is 0 Å². The highest BCUT2D eigenvalue weighted by atomic mass is 15.1. The molecule has 1 aromatic rings. The number of nitrogens with two attached hydrogens (primary N) is 1. The van der Waals surface area contributed by atoms with Crippen molar-refractivity contribution in [3.63, 3.8) is 0 Å². The number of hydrogen-bond donors (Lipinski definition) is 1. The van der Waals surface area contributed by atoms with Crippen molar-refractivity contribution in [2.24, 2.45) is 5.92 Å². The summed E-state index contributed by atoms with van der Waals surface area (Å²) in [5, 5.41) is 0. The van der Waals surface area contributed by atoms with Crippen molar-refractivity contribution in [2.45, 2.75) is 33.6 Å². The maximum absolute atomic E-state index is 5.95.